The maximum Gasteiger partial charge on any atom is 0.208 e. The number of piperidine rings is 1. The lowest BCUT2D eigenvalue weighted by atomic mass is 10.0. The molecular weight excluding hydrogens is 262 g/mol. The van der Waals surface area contributed by atoms with Gasteiger partial charge in [-0.25, -0.2) is 0 Å². The van der Waals surface area contributed by atoms with Crippen LogP contribution in [0, 0.1) is 0 Å². The first-order chi connectivity index (χ1) is 10.3. The second kappa shape index (κ2) is 5.15. The summed E-state index contributed by atoms with van der Waals surface area (Å²) in [6, 6.07) is 12.1. The molecule has 1 unspecified atom stereocenters. The number of benzene rings is 2. The zero-order valence-electron chi connectivity index (χ0n) is 12.0. The van der Waals surface area contributed by atoms with Crippen molar-refractivity contribution in [3.63, 3.8) is 0 Å². The third-order valence-electron chi connectivity index (χ3n) is 4.55. The van der Waals surface area contributed by atoms with E-state index in [2.05, 4.69) is 11.0 Å². The summed E-state index contributed by atoms with van der Waals surface area (Å²) < 4.78 is 5.94. The van der Waals surface area contributed by atoms with Crippen LogP contribution in [-0.4, -0.2) is 36.4 Å². The summed E-state index contributed by atoms with van der Waals surface area (Å²) in [5, 5.41) is 2.23. The van der Waals surface area contributed by atoms with Crippen LogP contribution < -0.4 is 4.74 Å². The minimum Gasteiger partial charge on any atom is -0.480 e. The number of hydrogen-bond donors (Lipinski definition) is 0. The first kappa shape index (κ1) is 12.8. The molecule has 0 aromatic heterocycles. The first-order valence-electron chi connectivity index (χ1n) is 7.77. The Balaban J connectivity index is 1.60. The van der Waals surface area contributed by atoms with E-state index in [-0.39, 0.29) is 11.9 Å². The number of Topliss-reactive ketones (excluding diaryl/α,β-unsaturated/α-hetero) is 1. The predicted molar refractivity (Wildman–Crippen MR) is 83.0 cm³/mol. The minimum absolute atomic E-state index is 0.140. The maximum absolute atomic E-state index is 12.6. The molecule has 1 saturated heterocycles. The van der Waals surface area contributed by atoms with Gasteiger partial charge in [-0.15, -0.1) is 0 Å². The van der Waals surface area contributed by atoms with Crippen molar-refractivity contribution >= 4 is 16.6 Å². The molecule has 2 aliphatic heterocycles. The smallest absolute Gasteiger partial charge is 0.208 e. The zero-order valence-corrected chi connectivity index (χ0v) is 12.0. The number of fused-ring (bicyclic) bond motifs is 2. The third-order valence-corrected chi connectivity index (χ3v) is 4.55. The van der Waals surface area contributed by atoms with Gasteiger partial charge in [0.2, 0.25) is 5.78 Å². The quantitative estimate of drug-likeness (QED) is 0.846. The van der Waals surface area contributed by atoms with Crippen molar-refractivity contribution in [1.29, 1.82) is 0 Å². The Morgan fingerprint density at radius 3 is 2.52 bits per heavy atom. The average molecular weight is 281 g/mol. The molecular formula is C18H19NO2. The molecule has 0 N–H and O–H groups in total. The maximum atomic E-state index is 12.6. The van der Waals surface area contributed by atoms with Crippen molar-refractivity contribution in [3.05, 3.63) is 42.0 Å². The number of rotatable bonds is 2. The van der Waals surface area contributed by atoms with E-state index in [9.17, 15) is 4.79 Å². The van der Waals surface area contributed by atoms with Gasteiger partial charge in [0.1, 0.15) is 5.75 Å². The molecule has 1 fully saturated rings. The first-order valence-corrected chi connectivity index (χ1v) is 7.77. The number of nitrogens with zero attached hydrogens (tertiary/aromatic N) is 1. The van der Waals surface area contributed by atoms with Gasteiger partial charge in [0, 0.05) is 6.54 Å². The summed E-state index contributed by atoms with van der Waals surface area (Å²) in [4.78, 5) is 14.9. The van der Waals surface area contributed by atoms with Crippen molar-refractivity contribution in [2.75, 3.05) is 19.6 Å². The van der Waals surface area contributed by atoms with Gasteiger partial charge in [-0.3, -0.25) is 9.69 Å². The van der Waals surface area contributed by atoms with Crippen LogP contribution in [0.1, 0.15) is 29.6 Å². The average Bonchev–Trinajstić information content (AvgIpc) is 2.82. The van der Waals surface area contributed by atoms with Gasteiger partial charge in [0.15, 0.2) is 6.10 Å². The number of likely N-dealkylation sites (tertiary alicyclic amines) is 1. The molecule has 3 heteroatoms. The van der Waals surface area contributed by atoms with E-state index in [1.165, 1.54) is 19.3 Å². The molecule has 0 amide bonds. The molecule has 2 aromatic rings. The van der Waals surface area contributed by atoms with Gasteiger partial charge in [-0.2, -0.15) is 0 Å². The molecule has 0 spiro atoms. The molecule has 2 aromatic carbocycles. The fourth-order valence-corrected chi connectivity index (χ4v) is 3.39. The SMILES string of the molecule is O=C1c2cc3ccccc3cc2OC1CN1CCCCC1. The number of hydrogen-bond acceptors (Lipinski definition) is 3. The lowest BCUT2D eigenvalue weighted by molar-refractivity contribution is 0.0761. The Bertz CT molecular complexity index is 689. The highest BCUT2D eigenvalue weighted by atomic mass is 16.5. The van der Waals surface area contributed by atoms with Crippen molar-refractivity contribution in [3.8, 4) is 5.75 Å². The van der Waals surface area contributed by atoms with Crippen LogP contribution >= 0.6 is 0 Å². The normalized spacial score (nSPS) is 22.3. The fourth-order valence-electron chi connectivity index (χ4n) is 3.39. The van der Waals surface area contributed by atoms with Crippen LogP contribution in [0.15, 0.2) is 36.4 Å². The van der Waals surface area contributed by atoms with E-state index in [4.69, 9.17) is 4.74 Å². The number of carbonyl (C=O) groups is 1. The fraction of sp³-hybridized carbons (Fsp3) is 0.389. The molecule has 4 rings (SSSR count). The predicted octanol–water partition coefficient (Wildman–Crippen LogP) is 3.27. The van der Waals surface area contributed by atoms with Crippen LogP contribution in [-0.2, 0) is 0 Å². The van der Waals surface area contributed by atoms with E-state index >= 15 is 0 Å². The van der Waals surface area contributed by atoms with Crippen molar-refractivity contribution in [2.24, 2.45) is 0 Å². The lowest BCUT2D eigenvalue weighted by Crippen LogP contribution is -2.40. The molecule has 1 atom stereocenters. The second-order valence-corrected chi connectivity index (χ2v) is 6.03. The van der Waals surface area contributed by atoms with Gasteiger partial charge in [0.25, 0.3) is 0 Å². The zero-order chi connectivity index (χ0) is 14.2. The van der Waals surface area contributed by atoms with Crippen molar-refractivity contribution < 1.29 is 9.53 Å². The summed E-state index contributed by atoms with van der Waals surface area (Å²) >= 11 is 0. The number of carbonyl (C=O) groups excluding carboxylic acids is 1. The van der Waals surface area contributed by atoms with Gasteiger partial charge in [-0.05, 0) is 48.8 Å². The molecule has 108 valence electrons. The lowest BCUT2D eigenvalue weighted by Gasteiger charge is -2.27. The summed E-state index contributed by atoms with van der Waals surface area (Å²) in [5.41, 5.74) is 0.746. The number of ketones is 1. The van der Waals surface area contributed by atoms with Gasteiger partial charge in [-0.1, -0.05) is 30.7 Å². The minimum atomic E-state index is -0.324. The van der Waals surface area contributed by atoms with E-state index in [1.54, 1.807) is 0 Å². The largest absolute Gasteiger partial charge is 0.480 e. The Morgan fingerprint density at radius 2 is 1.76 bits per heavy atom. The van der Waals surface area contributed by atoms with E-state index in [1.807, 2.05) is 30.3 Å². The van der Waals surface area contributed by atoms with Crippen LogP contribution in [0.5, 0.6) is 5.75 Å². The summed E-state index contributed by atoms with van der Waals surface area (Å²) in [6.45, 7) is 2.90. The van der Waals surface area contributed by atoms with Crippen LogP contribution in [0.4, 0.5) is 0 Å². The van der Waals surface area contributed by atoms with Crippen LogP contribution in [0.3, 0.4) is 0 Å². The van der Waals surface area contributed by atoms with E-state index in [0.717, 1.165) is 41.7 Å². The molecule has 0 aliphatic carbocycles. The highest BCUT2D eigenvalue weighted by molar-refractivity contribution is 6.07. The van der Waals surface area contributed by atoms with Crippen molar-refractivity contribution in [1.82, 2.24) is 4.90 Å². The molecule has 2 heterocycles. The summed E-state index contributed by atoms with van der Waals surface area (Å²) in [6.07, 6.45) is 3.45. The summed E-state index contributed by atoms with van der Waals surface area (Å²) in [5.74, 6) is 0.891. The molecule has 2 aliphatic rings. The Morgan fingerprint density at radius 1 is 1.05 bits per heavy atom. The summed E-state index contributed by atoms with van der Waals surface area (Å²) in [7, 11) is 0. The van der Waals surface area contributed by atoms with Gasteiger partial charge < -0.3 is 4.74 Å². The number of ether oxygens (including phenoxy) is 1. The molecule has 0 radical (unpaired) electrons. The standard InChI is InChI=1S/C18H19NO2/c20-18-15-10-13-6-2-3-7-14(13)11-16(15)21-17(18)12-19-8-4-1-5-9-19/h2-3,6-7,10-11,17H,1,4-5,8-9,12H2. The molecule has 21 heavy (non-hydrogen) atoms. The molecule has 3 nitrogen and oxygen atoms in total. The third kappa shape index (κ3) is 2.32. The van der Waals surface area contributed by atoms with Gasteiger partial charge >= 0.3 is 0 Å². The monoisotopic (exact) mass is 281 g/mol. The van der Waals surface area contributed by atoms with Crippen molar-refractivity contribution in [2.45, 2.75) is 25.4 Å². The molecule has 0 saturated carbocycles. The highest BCUT2D eigenvalue weighted by Crippen LogP contribution is 2.33. The van der Waals surface area contributed by atoms with Crippen LogP contribution in [0.25, 0.3) is 10.8 Å². The van der Waals surface area contributed by atoms with E-state index in [0.29, 0.717) is 0 Å². The van der Waals surface area contributed by atoms with E-state index < -0.39 is 0 Å². The van der Waals surface area contributed by atoms with Crippen LogP contribution in [0.2, 0.25) is 0 Å². The highest BCUT2D eigenvalue weighted by Gasteiger charge is 2.34. The van der Waals surface area contributed by atoms with Gasteiger partial charge in [0.05, 0.1) is 5.56 Å². The topological polar surface area (TPSA) is 29.5 Å². The second-order valence-electron chi connectivity index (χ2n) is 6.03. The Hall–Kier alpha value is -1.87. The molecule has 0 bridgehead atoms. The Labute approximate surface area is 124 Å². The Kier molecular flexibility index (Phi) is 3.15.